The molecule has 0 aliphatic rings. The zero-order valence-corrected chi connectivity index (χ0v) is 10.3. The molecule has 4 heteroatoms. The maximum Gasteiger partial charge on any atom is 0.314 e. The number of carbonyl (C=O) groups is 2. The minimum atomic E-state index is -0.236. The number of amides is 1. The Morgan fingerprint density at radius 2 is 1.88 bits per heavy atom. The van der Waals surface area contributed by atoms with Crippen molar-refractivity contribution in [2.45, 2.75) is 27.2 Å². The van der Waals surface area contributed by atoms with Crippen LogP contribution in [0.2, 0.25) is 0 Å². The van der Waals surface area contributed by atoms with E-state index in [0.29, 0.717) is 11.4 Å². The van der Waals surface area contributed by atoms with Crippen molar-refractivity contribution in [1.29, 1.82) is 0 Å². The SMILES string of the molecule is CCC(C)C(=O)Oc1ccc(NC(C)=O)cc1. The van der Waals surface area contributed by atoms with Crippen LogP contribution >= 0.6 is 0 Å². The second kappa shape index (κ2) is 6.03. The zero-order chi connectivity index (χ0) is 12.8. The van der Waals surface area contributed by atoms with E-state index in [1.165, 1.54) is 6.92 Å². The Labute approximate surface area is 101 Å². The van der Waals surface area contributed by atoms with Crippen molar-refractivity contribution in [3.8, 4) is 5.75 Å². The zero-order valence-electron chi connectivity index (χ0n) is 10.3. The number of carbonyl (C=O) groups excluding carboxylic acids is 2. The average Bonchev–Trinajstić information content (AvgIpc) is 2.30. The Morgan fingerprint density at radius 3 is 2.35 bits per heavy atom. The standard InChI is InChI=1S/C13H17NO3/c1-4-9(2)13(16)17-12-7-5-11(6-8-12)14-10(3)15/h5-9H,4H2,1-3H3,(H,14,15). The Balaban J connectivity index is 2.62. The molecule has 1 rings (SSSR count). The quantitative estimate of drug-likeness (QED) is 0.644. The van der Waals surface area contributed by atoms with Gasteiger partial charge in [-0.1, -0.05) is 13.8 Å². The molecule has 0 spiro atoms. The lowest BCUT2D eigenvalue weighted by Crippen LogP contribution is -2.16. The Hall–Kier alpha value is -1.84. The highest BCUT2D eigenvalue weighted by Crippen LogP contribution is 2.17. The second-order valence-electron chi connectivity index (χ2n) is 3.94. The van der Waals surface area contributed by atoms with Crippen molar-refractivity contribution >= 4 is 17.6 Å². The molecule has 0 bridgehead atoms. The first-order chi connectivity index (χ1) is 8.02. The molecule has 0 saturated heterocycles. The second-order valence-corrected chi connectivity index (χ2v) is 3.94. The third-order valence-electron chi connectivity index (χ3n) is 2.41. The summed E-state index contributed by atoms with van der Waals surface area (Å²) in [5, 5.41) is 2.64. The molecule has 0 fully saturated rings. The van der Waals surface area contributed by atoms with Gasteiger partial charge in [0.15, 0.2) is 0 Å². The van der Waals surface area contributed by atoms with Crippen molar-refractivity contribution in [2.24, 2.45) is 5.92 Å². The smallest absolute Gasteiger partial charge is 0.314 e. The number of rotatable bonds is 4. The van der Waals surface area contributed by atoms with Crippen LogP contribution in [0.5, 0.6) is 5.75 Å². The van der Waals surface area contributed by atoms with Gasteiger partial charge in [-0.3, -0.25) is 9.59 Å². The summed E-state index contributed by atoms with van der Waals surface area (Å²) in [6.07, 6.45) is 0.753. The van der Waals surface area contributed by atoms with Gasteiger partial charge >= 0.3 is 5.97 Å². The summed E-state index contributed by atoms with van der Waals surface area (Å²) >= 11 is 0. The van der Waals surface area contributed by atoms with Crippen LogP contribution in [-0.2, 0) is 9.59 Å². The average molecular weight is 235 g/mol. The molecule has 0 aliphatic carbocycles. The molecule has 1 aromatic rings. The molecule has 1 unspecified atom stereocenters. The van der Waals surface area contributed by atoms with Crippen LogP contribution in [0.25, 0.3) is 0 Å². The topological polar surface area (TPSA) is 55.4 Å². The molecule has 0 aliphatic heterocycles. The Kier molecular flexibility index (Phi) is 4.69. The Morgan fingerprint density at radius 1 is 1.29 bits per heavy atom. The van der Waals surface area contributed by atoms with E-state index in [4.69, 9.17) is 4.74 Å². The first kappa shape index (κ1) is 13.2. The molecule has 1 atom stereocenters. The van der Waals surface area contributed by atoms with Gasteiger partial charge in [0.25, 0.3) is 0 Å². The summed E-state index contributed by atoms with van der Waals surface area (Å²) in [7, 11) is 0. The predicted molar refractivity (Wildman–Crippen MR) is 65.8 cm³/mol. The number of esters is 1. The molecular weight excluding hydrogens is 218 g/mol. The van der Waals surface area contributed by atoms with Crippen molar-refractivity contribution in [2.75, 3.05) is 5.32 Å². The third-order valence-corrected chi connectivity index (χ3v) is 2.41. The highest BCUT2D eigenvalue weighted by Gasteiger charge is 2.12. The van der Waals surface area contributed by atoms with E-state index >= 15 is 0 Å². The van der Waals surface area contributed by atoms with Crippen molar-refractivity contribution in [3.63, 3.8) is 0 Å². The van der Waals surface area contributed by atoms with Crippen LogP contribution in [-0.4, -0.2) is 11.9 Å². The molecule has 0 heterocycles. The summed E-state index contributed by atoms with van der Waals surface area (Å²) in [5.41, 5.74) is 0.681. The van der Waals surface area contributed by atoms with E-state index in [9.17, 15) is 9.59 Å². The lowest BCUT2D eigenvalue weighted by atomic mass is 10.1. The number of ether oxygens (including phenoxy) is 1. The van der Waals surface area contributed by atoms with Crippen LogP contribution < -0.4 is 10.1 Å². The normalized spacial score (nSPS) is 11.7. The van der Waals surface area contributed by atoms with E-state index in [2.05, 4.69) is 5.32 Å². The first-order valence-corrected chi connectivity index (χ1v) is 5.62. The van der Waals surface area contributed by atoms with Crippen LogP contribution in [0.15, 0.2) is 24.3 Å². The van der Waals surface area contributed by atoms with Gasteiger partial charge in [-0.2, -0.15) is 0 Å². The molecule has 0 saturated carbocycles. The first-order valence-electron chi connectivity index (χ1n) is 5.62. The fourth-order valence-electron chi connectivity index (χ4n) is 1.19. The number of hydrogen-bond donors (Lipinski definition) is 1. The predicted octanol–water partition coefficient (Wildman–Crippen LogP) is 2.60. The maximum absolute atomic E-state index is 11.5. The molecule has 4 nitrogen and oxygen atoms in total. The van der Waals surface area contributed by atoms with Gasteiger partial charge in [-0.25, -0.2) is 0 Å². The summed E-state index contributed by atoms with van der Waals surface area (Å²) in [6, 6.07) is 6.71. The fraction of sp³-hybridized carbons (Fsp3) is 0.385. The third kappa shape index (κ3) is 4.26. The fourth-order valence-corrected chi connectivity index (χ4v) is 1.19. The number of nitrogens with one attached hydrogen (secondary N) is 1. The van der Waals surface area contributed by atoms with Gasteiger partial charge in [0.2, 0.25) is 5.91 Å². The van der Waals surface area contributed by atoms with E-state index in [-0.39, 0.29) is 17.8 Å². The van der Waals surface area contributed by atoms with E-state index < -0.39 is 0 Å². The number of anilines is 1. The largest absolute Gasteiger partial charge is 0.426 e. The molecule has 17 heavy (non-hydrogen) atoms. The van der Waals surface area contributed by atoms with Gasteiger partial charge in [0, 0.05) is 12.6 Å². The van der Waals surface area contributed by atoms with Crippen LogP contribution in [0, 0.1) is 5.92 Å². The molecule has 1 aromatic carbocycles. The van der Waals surface area contributed by atoms with Gasteiger partial charge in [0.05, 0.1) is 5.92 Å². The maximum atomic E-state index is 11.5. The Bertz CT molecular complexity index is 398. The van der Waals surface area contributed by atoms with Crippen LogP contribution in [0.1, 0.15) is 27.2 Å². The summed E-state index contributed by atoms with van der Waals surface area (Å²) in [5.74, 6) is 0.0172. The van der Waals surface area contributed by atoms with Crippen LogP contribution in [0.4, 0.5) is 5.69 Å². The summed E-state index contributed by atoms with van der Waals surface area (Å²) < 4.78 is 5.18. The lowest BCUT2D eigenvalue weighted by molar-refractivity contribution is -0.138. The summed E-state index contributed by atoms with van der Waals surface area (Å²) in [6.45, 7) is 5.21. The lowest BCUT2D eigenvalue weighted by Gasteiger charge is -2.09. The minimum absolute atomic E-state index is 0.106. The highest BCUT2D eigenvalue weighted by molar-refractivity contribution is 5.88. The molecule has 0 aromatic heterocycles. The van der Waals surface area contributed by atoms with Gasteiger partial charge in [-0.05, 0) is 30.7 Å². The van der Waals surface area contributed by atoms with E-state index in [1.54, 1.807) is 24.3 Å². The summed E-state index contributed by atoms with van der Waals surface area (Å²) in [4.78, 5) is 22.3. The van der Waals surface area contributed by atoms with Gasteiger partial charge in [0.1, 0.15) is 5.75 Å². The number of hydrogen-bond acceptors (Lipinski definition) is 3. The molecule has 0 radical (unpaired) electrons. The van der Waals surface area contributed by atoms with Gasteiger partial charge < -0.3 is 10.1 Å². The van der Waals surface area contributed by atoms with Gasteiger partial charge in [-0.15, -0.1) is 0 Å². The molecule has 92 valence electrons. The van der Waals surface area contributed by atoms with Crippen molar-refractivity contribution in [3.05, 3.63) is 24.3 Å². The van der Waals surface area contributed by atoms with E-state index in [0.717, 1.165) is 6.42 Å². The minimum Gasteiger partial charge on any atom is -0.426 e. The monoisotopic (exact) mass is 235 g/mol. The van der Waals surface area contributed by atoms with E-state index in [1.807, 2.05) is 13.8 Å². The molecular formula is C13H17NO3. The molecule has 1 N–H and O–H groups in total. The number of benzene rings is 1. The molecule has 1 amide bonds. The van der Waals surface area contributed by atoms with Crippen LogP contribution in [0.3, 0.4) is 0 Å². The highest BCUT2D eigenvalue weighted by atomic mass is 16.5. The van der Waals surface area contributed by atoms with Crippen molar-refractivity contribution < 1.29 is 14.3 Å². The van der Waals surface area contributed by atoms with Crippen molar-refractivity contribution in [1.82, 2.24) is 0 Å².